The SMILES string of the molecule is CC(C)NC(=O)N1CCCCN2[C@H](CO)[C@@H](c3ccc(C#Cc4ccccc4F)cc3)[C@H]2C1. The molecule has 2 amide bonds. The first-order valence-corrected chi connectivity index (χ1v) is 11.8. The number of aliphatic hydroxyl groups excluding tert-OH is 1. The quantitative estimate of drug-likeness (QED) is 0.705. The van der Waals surface area contributed by atoms with E-state index in [-0.39, 0.29) is 42.5 Å². The molecule has 0 radical (unpaired) electrons. The molecule has 5 nitrogen and oxygen atoms in total. The lowest BCUT2D eigenvalue weighted by Crippen LogP contribution is -2.68. The Morgan fingerprint density at radius 3 is 2.55 bits per heavy atom. The Bertz CT molecular complexity index is 1030. The molecule has 2 N–H and O–H groups in total. The lowest BCUT2D eigenvalue weighted by molar-refractivity contribution is -0.0591. The van der Waals surface area contributed by atoms with E-state index in [0.717, 1.165) is 37.1 Å². The first-order valence-electron chi connectivity index (χ1n) is 11.8. The smallest absolute Gasteiger partial charge is 0.317 e. The second kappa shape index (κ2) is 10.4. The number of aliphatic hydroxyl groups is 1. The summed E-state index contributed by atoms with van der Waals surface area (Å²) in [4.78, 5) is 17.0. The van der Waals surface area contributed by atoms with Crippen molar-refractivity contribution in [2.24, 2.45) is 0 Å². The minimum Gasteiger partial charge on any atom is -0.395 e. The molecule has 2 heterocycles. The maximum atomic E-state index is 13.8. The van der Waals surface area contributed by atoms with Gasteiger partial charge in [0.25, 0.3) is 0 Å². The highest BCUT2D eigenvalue weighted by molar-refractivity contribution is 5.74. The van der Waals surface area contributed by atoms with Crippen LogP contribution in [-0.2, 0) is 0 Å². The van der Waals surface area contributed by atoms with Gasteiger partial charge in [-0.1, -0.05) is 36.1 Å². The van der Waals surface area contributed by atoms with Gasteiger partial charge in [0, 0.05) is 42.7 Å². The van der Waals surface area contributed by atoms with Gasteiger partial charge >= 0.3 is 6.03 Å². The van der Waals surface area contributed by atoms with Gasteiger partial charge in [0.05, 0.1) is 12.2 Å². The van der Waals surface area contributed by atoms with Crippen molar-refractivity contribution in [3.05, 3.63) is 71.0 Å². The molecule has 0 unspecified atom stereocenters. The maximum absolute atomic E-state index is 13.8. The predicted molar refractivity (Wildman–Crippen MR) is 127 cm³/mol. The third-order valence-corrected chi connectivity index (χ3v) is 6.58. The van der Waals surface area contributed by atoms with Crippen molar-refractivity contribution in [1.82, 2.24) is 15.1 Å². The Morgan fingerprint density at radius 1 is 1.12 bits per heavy atom. The summed E-state index contributed by atoms with van der Waals surface area (Å²) in [6.07, 6.45) is 1.97. The minimum absolute atomic E-state index is 0.0168. The maximum Gasteiger partial charge on any atom is 0.317 e. The van der Waals surface area contributed by atoms with Crippen molar-refractivity contribution in [2.75, 3.05) is 26.2 Å². The van der Waals surface area contributed by atoms with E-state index in [4.69, 9.17) is 0 Å². The van der Waals surface area contributed by atoms with Crippen LogP contribution in [0, 0.1) is 17.7 Å². The van der Waals surface area contributed by atoms with Crippen molar-refractivity contribution in [3.8, 4) is 11.8 Å². The summed E-state index contributed by atoms with van der Waals surface area (Å²) < 4.78 is 13.8. The number of carbonyl (C=O) groups is 1. The monoisotopic (exact) mass is 449 g/mol. The van der Waals surface area contributed by atoms with E-state index in [9.17, 15) is 14.3 Å². The topological polar surface area (TPSA) is 55.8 Å². The standard InChI is InChI=1S/C27H32FN3O2/c1-19(2)29-27(33)30-15-5-6-16-31-24(17-30)26(25(31)18-32)22-13-10-20(11-14-22)9-12-21-7-3-4-8-23(21)28/h3-4,7-8,10-11,13-14,19,24-26,32H,5-6,15-18H2,1-2H3,(H,29,33)/t24-,25-,26+/m1/s1. The minimum atomic E-state index is -0.322. The second-order valence-corrected chi connectivity index (χ2v) is 9.19. The van der Waals surface area contributed by atoms with E-state index in [0.29, 0.717) is 12.1 Å². The van der Waals surface area contributed by atoms with Crippen LogP contribution in [0.1, 0.15) is 49.3 Å². The molecule has 2 saturated heterocycles. The normalized spacial score (nSPS) is 22.9. The van der Waals surface area contributed by atoms with E-state index in [1.54, 1.807) is 18.2 Å². The summed E-state index contributed by atoms with van der Waals surface area (Å²) in [6.45, 7) is 6.38. The van der Waals surface area contributed by atoms with Crippen LogP contribution in [0.5, 0.6) is 0 Å². The molecule has 174 valence electrons. The largest absolute Gasteiger partial charge is 0.395 e. The summed E-state index contributed by atoms with van der Waals surface area (Å²) >= 11 is 0. The summed E-state index contributed by atoms with van der Waals surface area (Å²) in [6, 6.07) is 14.8. The molecular weight excluding hydrogens is 417 g/mol. The highest BCUT2D eigenvalue weighted by atomic mass is 19.1. The Labute approximate surface area is 195 Å². The molecule has 6 heteroatoms. The zero-order chi connectivity index (χ0) is 23.4. The Hall–Kier alpha value is -2.88. The fraction of sp³-hybridized carbons (Fsp3) is 0.444. The van der Waals surface area contributed by atoms with Crippen LogP contribution in [0.3, 0.4) is 0 Å². The van der Waals surface area contributed by atoms with Crippen LogP contribution in [0.25, 0.3) is 0 Å². The van der Waals surface area contributed by atoms with Crippen molar-refractivity contribution in [3.63, 3.8) is 0 Å². The molecule has 2 fully saturated rings. The van der Waals surface area contributed by atoms with Crippen molar-refractivity contribution < 1.29 is 14.3 Å². The van der Waals surface area contributed by atoms with E-state index in [1.165, 1.54) is 6.07 Å². The Balaban J connectivity index is 1.52. The number of benzene rings is 2. The highest BCUT2D eigenvalue weighted by Crippen LogP contribution is 2.41. The summed E-state index contributed by atoms with van der Waals surface area (Å²) in [5.74, 6) is 5.76. The van der Waals surface area contributed by atoms with Gasteiger partial charge in [-0.2, -0.15) is 0 Å². The highest BCUT2D eigenvalue weighted by Gasteiger charge is 2.49. The molecule has 33 heavy (non-hydrogen) atoms. The van der Waals surface area contributed by atoms with E-state index in [2.05, 4.69) is 22.1 Å². The number of halogens is 1. The van der Waals surface area contributed by atoms with Crippen molar-refractivity contribution in [1.29, 1.82) is 0 Å². The van der Waals surface area contributed by atoms with E-state index < -0.39 is 0 Å². The van der Waals surface area contributed by atoms with Crippen LogP contribution in [-0.4, -0.2) is 65.3 Å². The van der Waals surface area contributed by atoms with Crippen LogP contribution in [0.2, 0.25) is 0 Å². The van der Waals surface area contributed by atoms with Gasteiger partial charge in [-0.25, -0.2) is 9.18 Å². The molecule has 0 bridgehead atoms. The van der Waals surface area contributed by atoms with Crippen LogP contribution in [0.4, 0.5) is 9.18 Å². The zero-order valence-electron chi connectivity index (χ0n) is 19.3. The summed E-state index contributed by atoms with van der Waals surface area (Å²) in [7, 11) is 0. The zero-order valence-corrected chi connectivity index (χ0v) is 19.3. The molecule has 3 atom stereocenters. The van der Waals surface area contributed by atoms with Crippen LogP contribution < -0.4 is 5.32 Å². The molecule has 2 aliphatic heterocycles. The molecule has 2 aromatic carbocycles. The van der Waals surface area contributed by atoms with Gasteiger partial charge in [0.1, 0.15) is 5.82 Å². The van der Waals surface area contributed by atoms with Crippen LogP contribution >= 0.6 is 0 Å². The Morgan fingerprint density at radius 2 is 1.85 bits per heavy atom. The number of amides is 2. The van der Waals surface area contributed by atoms with Gasteiger partial charge < -0.3 is 15.3 Å². The number of nitrogens with zero attached hydrogens (tertiary/aromatic N) is 2. The predicted octanol–water partition coefficient (Wildman–Crippen LogP) is 3.57. The summed E-state index contributed by atoms with van der Waals surface area (Å²) in [5.41, 5.74) is 2.33. The van der Waals surface area contributed by atoms with Gasteiger partial charge in [-0.3, -0.25) is 4.90 Å². The Kier molecular flexibility index (Phi) is 7.32. The fourth-order valence-corrected chi connectivity index (χ4v) is 4.95. The molecule has 0 saturated carbocycles. The van der Waals surface area contributed by atoms with Gasteiger partial charge in [-0.05, 0) is 63.1 Å². The molecule has 0 aliphatic carbocycles. The van der Waals surface area contributed by atoms with Gasteiger partial charge in [0.2, 0.25) is 0 Å². The molecule has 2 aromatic rings. The summed E-state index contributed by atoms with van der Waals surface area (Å²) in [5, 5.41) is 13.1. The first-order chi connectivity index (χ1) is 16.0. The van der Waals surface area contributed by atoms with Crippen molar-refractivity contribution >= 4 is 6.03 Å². The van der Waals surface area contributed by atoms with Gasteiger partial charge in [0.15, 0.2) is 0 Å². The lowest BCUT2D eigenvalue weighted by atomic mass is 9.74. The van der Waals surface area contributed by atoms with E-state index in [1.807, 2.05) is 43.0 Å². The first kappa shape index (κ1) is 23.3. The number of urea groups is 1. The lowest BCUT2D eigenvalue weighted by Gasteiger charge is -2.57. The van der Waals surface area contributed by atoms with Crippen LogP contribution in [0.15, 0.2) is 48.5 Å². The third-order valence-electron chi connectivity index (χ3n) is 6.58. The molecule has 4 rings (SSSR count). The molecule has 0 aromatic heterocycles. The third kappa shape index (κ3) is 5.21. The molecular formula is C27H32FN3O2. The number of fused-ring (bicyclic) bond motifs is 1. The number of nitrogens with one attached hydrogen (secondary N) is 1. The number of carbonyl (C=O) groups excluding carboxylic acids is 1. The van der Waals surface area contributed by atoms with Crippen molar-refractivity contribution in [2.45, 2.75) is 50.7 Å². The second-order valence-electron chi connectivity index (χ2n) is 9.19. The van der Waals surface area contributed by atoms with E-state index >= 15 is 0 Å². The molecule has 0 spiro atoms. The fourth-order valence-electron chi connectivity index (χ4n) is 4.95. The number of rotatable bonds is 3. The average Bonchev–Trinajstić information content (AvgIpc) is 2.78. The number of hydrogen-bond acceptors (Lipinski definition) is 3. The average molecular weight is 450 g/mol. The van der Waals surface area contributed by atoms with Gasteiger partial charge in [-0.15, -0.1) is 0 Å². The molecule has 2 aliphatic rings. The number of hydrogen-bond donors (Lipinski definition) is 2.